The molecule has 1 unspecified atom stereocenters. The van der Waals surface area contributed by atoms with Gasteiger partial charge in [0.2, 0.25) is 0 Å². The predicted octanol–water partition coefficient (Wildman–Crippen LogP) is 4.51. The molecule has 0 radical (unpaired) electrons. The van der Waals surface area contributed by atoms with Gasteiger partial charge < -0.3 is 5.32 Å². The van der Waals surface area contributed by atoms with Crippen molar-refractivity contribution >= 4 is 21.6 Å². The van der Waals surface area contributed by atoms with E-state index in [1.807, 2.05) is 19.1 Å². The number of hydrogen-bond acceptors (Lipinski definition) is 1. The molecule has 0 bridgehead atoms. The van der Waals surface area contributed by atoms with Crippen LogP contribution in [0.1, 0.15) is 18.9 Å². The minimum Gasteiger partial charge on any atom is -0.382 e. The van der Waals surface area contributed by atoms with Gasteiger partial charge in [-0.05, 0) is 31.5 Å². The molecule has 16 heavy (non-hydrogen) atoms. The van der Waals surface area contributed by atoms with Gasteiger partial charge in [-0.3, -0.25) is 0 Å². The standard InChI is InChI=1S/C11H13BrF3N/c1-7-3-4-9(12)5-10(7)16-8(2)6-11(13,14)15/h3-5,8,16H,6H2,1-2H3. The summed E-state index contributed by atoms with van der Waals surface area (Å²) < 4.78 is 37.3. The molecular weight excluding hydrogens is 283 g/mol. The first-order chi connectivity index (χ1) is 7.28. The van der Waals surface area contributed by atoms with Crippen LogP contribution in [0.4, 0.5) is 18.9 Å². The van der Waals surface area contributed by atoms with Crippen molar-refractivity contribution in [3.63, 3.8) is 0 Å². The van der Waals surface area contributed by atoms with Crippen LogP contribution in [0.3, 0.4) is 0 Å². The molecule has 1 aromatic rings. The predicted molar refractivity (Wildman–Crippen MR) is 62.6 cm³/mol. The van der Waals surface area contributed by atoms with Gasteiger partial charge in [0.05, 0.1) is 6.42 Å². The summed E-state index contributed by atoms with van der Waals surface area (Å²) in [4.78, 5) is 0. The highest BCUT2D eigenvalue weighted by Crippen LogP contribution is 2.26. The molecule has 0 spiro atoms. The lowest BCUT2D eigenvalue weighted by molar-refractivity contribution is -0.136. The molecule has 0 aliphatic carbocycles. The number of anilines is 1. The molecule has 5 heteroatoms. The highest BCUT2D eigenvalue weighted by atomic mass is 79.9. The molecule has 1 atom stereocenters. The Morgan fingerprint density at radius 3 is 2.56 bits per heavy atom. The van der Waals surface area contributed by atoms with Gasteiger partial charge >= 0.3 is 6.18 Å². The van der Waals surface area contributed by atoms with Crippen LogP contribution in [-0.4, -0.2) is 12.2 Å². The van der Waals surface area contributed by atoms with Gasteiger partial charge in [0.15, 0.2) is 0 Å². The first-order valence-electron chi connectivity index (χ1n) is 4.87. The second kappa shape index (κ2) is 5.08. The van der Waals surface area contributed by atoms with Crippen molar-refractivity contribution in [2.45, 2.75) is 32.5 Å². The average Bonchev–Trinajstić information content (AvgIpc) is 2.08. The molecule has 0 heterocycles. The number of aryl methyl sites for hydroxylation is 1. The minimum absolute atomic E-state index is 0.631. The number of hydrogen-bond donors (Lipinski definition) is 1. The molecule has 1 aromatic carbocycles. The minimum atomic E-state index is -4.13. The van der Waals surface area contributed by atoms with E-state index in [0.29, 0.717) is 0 Å². The number of benzene rings is 1. The van der Waals surface area contributed by atoms with Gasteiger partial charge in [0.1, 0.15) is 0 Å². The Labute approximate surface area is 101 Å². The third-order valence-corrected chi connectivity index (χ3v) is 2.63. The summed E-state index contributed by atoms with van der Waals surface area (Å²) in [6, 6.07) is 4.86. The fourth-order valence-corrected chi connectivity index (χ4v) is 1.77. The lowest BCUT2D eigenvalue weighted by Gasteiger charge is -2.18. The van der Waals surface area contributed by atoms with Crippen molar-refractivity contribution in [1.82, 2.24) is 0 Å². The number of nitrogens with one attached hydrogen (secondary N) is 1. The fraction of sp³-hybridized carbons (Fsp3) is 0.455. The summed E-state index contributed by atoms with van der Waals surface area (Å²) in [6.07, 6.45) is -4.97. The SMILES string of the molecule is Cc1ccc(Br)cc1NC(C)CC(F)(F)F. The zero-order valence-electron chi connectivity index (χ0n) is 9.03. The zero-order valence-corrected chi connectivity index (χ0v) is 10.6. The monoisotopic (exact) mass is 295 g/mol. The van der Waals surface area contributed by atoms with Gasteiger partial charge in [0.25, 0.3) is 0 Å². The van der Waals surface area contributed by atoms with Crippen LogP contribution in [0.15, 0.2) is 22.7 Å². The molecular formula is C11H13BrF3N. The molecule has 90 valence electrons. The maximum absolute atomic E-state index is 12.1. The molecule has 0 aliphatic rings. The summed E-state index contributed by atoms with van der Waals surface area (Å²) >= 11 is 3.29. The van der Waals surface area contributed by atoms with Crippen molar-refractivity contribution in [1.29, 1.82) is 0 Å². The van der Waals surface area contributed by atoms with Crippen LogP contribution in [0.25, 0.3) is 0 Å². The van der Waals surface area contributed by atoms with E-state index in [-0.39, 0.29) is 0 Å². The Morgan fingerprint density at radius 1 is 1.38 bits per heavy atom. The largest absolute Gasteiger partial charge is 0.391 e. The Kier molecular flexibility index (Phi) is 4.24. The van der Waals surface area contributed by atoms with Crippen molar-refractivity contribution < 1.29 is 13.2 Å². The second-order valence-electron chi connectivity index (χ2n) is 3.82. The van der Waals surface area contributed by atoms with Crippen molar-refractivity contribution in [2.24, 2.45) is 0 Å². The zero-order chi connectivity index (χ0) is 12.3. The Bertz CT molecular complexity index is 363. The van der Waals surface area contributed by atoms with E-state index in [4.69, 9.17) is 0 Å². The summed E-state index contributed by atoms with van der Waals surface area (Å²) in [7, 11) is 0. The molecule has 0 aromatic heterocycles. The summed E-state index contributed by atoms with van der Waals surface area (Å²) in [6.45, 7) is 3.38. The lowest BCUT2D eigenvalue weighted by atomic mass is 10.1. The smallest absolute Gasteiger partial charge is 0.382 e. The van der Waals surface area contributed by atoms with Crippen LogP contribution in [0.5, 0.6) is 0 Å². The molecule has 1 nitrogen and oxygen atoms in total. The van der Waals surface area contributed by atoms with E-state index in [1.165, 1.54) is 6.92 Å². The van der Waals surface area contributed by atoms with Crippen LogP contribution < -0.4 is 5.32 Å². The number of alkyl halides is 3. The third-order valence-electron chi connectivity index (χ3n) is 2.14. The maximum atomic E-state index is 12.1. The fourth-order valence-electron chi connectivity index (χ4n) is 1.41. The van der Waals surface area contributed by atoms with Crippen LogP contribution in [0.2, 0.25) is 0 Å². The highest BCUT2D eigenvalue weighted by Gasteiger charge is 2.29. The van der Waals surface area contributed by atoms with E-state index in [0.717, 1.165) is 15.7 Å². The normalized spacial score (nSPS) is 13.6. The summed E-state index contributed by atoms with van der Waals surface area (Å²) in [5.74, 6) is 0. The molecule has 1 rings (SSSR count). The van der Waals surface area contributed by atoms with E-state index in [1.54, 1.807) is 6.07 Å². The summed E-state index contributed by atoms with van der Waals surface area (Å²) in [5, 5.41) is 2.86. The van der Waals surface area contributed by atoms with Crippen molar-refractivity contribution in [3.8, 4) is 0 Å². The topological polar surface area (TPSA) is 12.0 Å². The van der Waals surface area contributed by atoms with E-state index in [2.05, 4.69) is 21.2 Å². The highest BCUT2D eigenvalue weighted by molar-refractivity contribution is 9.10. The molecule has 0 saturated carbocycles. The van der Waals surface area contributed by atoms with Gasteiger partial charge in [-0.2, -0.15) is 13.2 Å². The van der Waals surface area contributed by atoms with E-state index >= 15 is 0 Å². The maximum Gasteiger partial charge on any atom is 0.391 e. The Hall–Kier alpha value is -0.710. The lowest BCUT2D eigenvalue weighted by Crippen LogP contribution is -2.24. The van der Waals surface area contributed by atoms with Crippen molar-refractivity contribution in [3.05, 3.63) is 28.2 Å². The number of halogens is 4. The first-order valence-corrected chi connectivity index (χ1v) is 5.66. The van der Waals surface area contributed by atoms with Crippen molar-refractivity contribution in [2.75, 3.05) is 5.32 Å². The van der Waals surface area contributed by atoms with Gasteiger partial charge in [-0.25, -0.2) is 0 Å². The third kappa shape index (κ3) is 4.43. The van der Waals surface area contributed by atoms with E-state index in [9.17, 15) is 13.2 Å². The van der Waals surface area contributed by atoms with Gasteiger partial charge in [-0.15, -0.1) is 0 Å². The number of rotatable bonds is 3. The molecule has 0 fully saturated rings. The second-order valence-corrected chi connectivity index (χ2v) is 4.74. The molecule has 0 saturated heterocycles. The molecule has 0 amide bonds. The van der Waals surface area contributed by atoms with Crippen LogP contribution in [-0.2, 0) is 0 Å². The molecule has 0 aliphatic heterocycles. The van der Waals surface area contributed by atoms with Crippen LogP contribution in [0, 0.1) is 6.92 Å². The Balaban J connectivity index is 2.69. The van der Waals surface area contributed by atoms with E-state index < -0.39 is 18.6 Å². The first kappa shape index (κ1) is 13.4. The van der Waals surface area contributed by atoms with Gasteiger partial charge in [-0.1, -0.05) is 22.0 Å². The molecule has 1 N–H and O–H groups in total. The van der Waals surface area contributed by atoms with Gasteiger partial charge in [0, 0.05) is 16.2 Å². The summed E-state index contributed by atoms with van der Waals surface area (Å²) in [5.41, 5.74) is 1.66. The van der Waals surface area contributed by atoms with Crippen LogP contribution >= 0.6 is 15.9 Å². The Morgan fingerprint density at radius 2 is 2.00 bits per heavy atom. The average molecular weight is 296 g/mol. The quantitative estimate of drug-likeness (QED) is 0.865.